The molecule has 0 fully saturated rings. The molecule has 0 atom stereocenters. The van der Waals surface area contributed by atoms with Crippen LogP contribution >= 0.6 is 11.8 Å². The molecule has 4 nitrogen and oxygen atoms in total. The number of anilines is 1. The fourth-order valence-electron chi connectivity index (χ4n) is 1.61. The van der Waals surface area contributed by atoms with E-state index in [1.165, 1.54) is 0 Å². The molecule has 2 rings (SSSR count). The van der Waals surface area contributed by atoms with Crippen LogP contribution in [0.1, 0.15) is 12.8 Å². The third-order valence-corrected chi connectivity index (χ3v) is 3.84. The van der Waals surface area contributed by atoms with Gasteiger partial charge in [-0.1, -0.05) is 11.8 Å². The Morgan fingerprint density at radius 2 is 2.05 bits per heavy atom. The monoisotopic (exact) mass is 277 g/mol. The van der Waals surface area contributed by atoms with Crippen molar-refractivity contribution < 1.29 is 4.74 Å². The number of imidazole rings is 1. The fourth-order valence-corrected chi connectivity index (χ4v) is 2.54. The van der Waals surface area contributed by atoms with E-state index in [1.807, 2.05) is 48.3 Å². The van der Waals surface area contributed by atoms with Crippen molar-refractivity contribution in [1.29, 1.82) is 0 Å². The van der Waals surface area contributed by atoms with Crippen LogP contribution in [0.25, 0.3) is 0 Å². The Balaban J connectivity index is 1.57. The molecule has 5 heteroatoms. The highest BCUT2D eigenvalue weighted by atomic mass is 32.2. The zero-order chi connectivity index (χ0) is 13.5. The molecule has 2 aromatic rings. The van der Waals surface area contributed by atoms with Crippen molar-refractivity contribution in [3.63, 3.8) is 0 Å². The maximum atomic E-state index is 5.64. The molecule has 0 spiro atoms. The van der Waals surface area contributed by atoms with E-state index in [9.17, 15) is 0 Å². The Bertz CT molecular complexity index is 496. The highest BCUT2D eigenvalue weighted by Crippen LogP contribution is 2.17. The minimum atomic E-state index is 0.741. The molecule has 0 saturated heterocycles. The first-order valence-corrected chi connectivity index (χ1v) is 7.33. The zero-order valence-electron chi connectivity index (χ0n) is 11.1. The van der Waals surface area contributed by atoms with E-state index in [1.54, 1.807) is 11.8 Å². The highest BCUT2D eigenvalue weighted by Gasteiger charge is 1.99. The van der Waals surface area contributed by atoms with Gasteiger partial charge in [0.05, 0.1) is 6.61 Å². The summed E-state index contributed by atoms with van der Waals surface area (Å²) in [4.78, 5) is 4.27. The first kappa shape index (κ1) is 13.8. The molecule has 0 aliphatic rings. The van der Waals surface area contributed by atoms with E-state index in [2.05, 4.69) is 4.98 Å². The van der Waals surface area contributed by atoms with Gasteiger partial charge in [-0.2, -0.15) is 0 Å². The smallest absolute Gasteiger partial charge is 0.167 e. The molecule has 0 bridgehead atoms. The van der Waals surface area contributed by atoms with Crippen molar-refractivity contribution in [3.8, 4) is 5.75 Å². The molecule has 1 aromatic heterocycles. The van der Waals surface area contributed by atoms with Crippen LogP contribution in [0.2, 0.25) is 0 Å². The first-order chi connectivity index (χ1) is 9.25. The molecule has 1 aromatic carbocycles. The second-order valence-corrected chi connectivity index (χ2v) is 5.36. The van der Waals surface area contributed by atoms with Gasteiger partial charge in [-0.3, -0.25) is 0 Å². The molecule has 0 aliphatic carbocycles. The van der Waals surface area contributed by atoms with Crippen molar-refractivity contribution in [1.82, 2.24) is 9.55 Å². The predicted molar refractivity (Wildman–Crippen MR) is 79.5 cm³/mol. The average Bonchev–Trinajstić information content (AvgIpc) is 2.81. The normalized spacial score (nSPS) is 10.6. The van der Waals surface area contributed by atoms with Crippen molar-refractivity contribution >= 4 is 17.4 Å². The Morgan fingerprint density at radius 3 is 2.74 bits per heavy atom. The lowest BCUT2D eigenvalue weighted by Gasteiger charge is -2.06. The average molecular weight is 277 g/mol. The minimum absolute atomic E-state index is 0.741. The number of aryl methyl sites for hydroxylation is 1. The fraction of sp³-hybridized carbons (Fsp3) is 0.357. The van der Waals surface area contributed by atoms with Gasteiger partial charge in [-0.25, -0.2) is 4.98 Å². The number of thioether (sulfide) groups is 1. The third kappa shape index (κ3) is 4.52. The molecular formula is C14H19N3OS. The van der Waals surface area contributed by atoms with E-state index < -0.39 is 0 Å². The SMILES string of the molecule is Cn1ccnc1SCCCCOc1ccc(N)cc1. The Morgan fingerprint density at radius 1 is 1.26 bits per heavy atom. The minimum Gasteiger partial charge on any atom is -0.494 e. The molecular weight excluding hydrogens is 258 g/mol. The molecule has 0 saturated carbocycles. The van der Waals surface area contributed by atoms with Crippen LogP contribution in [0.4, 0.5) is 5.69 Å². The molecule has 2 N–H and O–H groups in total. The highest BCUT2D eigenvalue weighted by molar-refractivity contribution is 7.99. The second kappa shape index (κ2) is 7.09. The van der Waals surface area contributed by atoms with Gasteiger partial charge in [0.15, 0.2) is 5.16 Å². The van der Waals surface area contributed by atoms with Crippen LogP contribution in [-0.2, 0) is 7.05 Å². The van der Waals surface area contributed by atoms with Crippen molar-refractivity contribution in [2.75, 3.05) is 18.1 Å². The van der Waals surface area contributed by atoms with E-state index in [0.717, 1.165) is 41.8 Å². The summed E-state index contributed by atoms with van der Waals surface area (Å²) in [7, 11) is 2.01. The van der Waals surface area contributed by atoms with Crippen LogP contribution in [0, 0.1) is 0 Å². The van der Waals surface area contributed by atoms with Crippen LogP contribution in [0.15, 0.2) is 41.8 Å². The Kier molecular flexibility index (Phi) is 5.15. The lowest BCUT2D eigenvalue weighted by molar-refractivity contribution is 0.310. The van der Waals surface area contributed by atoms with E-state index in [0.29, 0.717) is 0 Å². The van der Waals surface area contributed by atoms with Gasteiger partial charge in [-0.15, -0.1) is 0 Å². The lowest BCUT2D eigenvalue weighted by atomic mass is 10.3. The standard InChI is InChI=1S/C14H19N3OS/c1-17-9-8-16-14(17)19-11-3-2-10-18-13-6-4-12(15)5-7-13/h4-9H,2-3,10-11,15H2,1H3. The van der Waals surface area contributed by atoms with Gasteiger partial charge in [0.1, 0.15) is 5.75 Å². The van der Waals surface area contributed by atoms with Crippen LogP contribution in [0.3, 0.4) is 0 Å². The summed E-state index contributed by atoms with van der Waals surface area (Å²) in [6.45, 7) is 0.741. The number of aromatic nitrogens is 2. The quantitative estimate of drug-likeness (QED) is 0.480. The zero-order valence-corrected chi connectivity index (χ0v) is 11.9. The van der Waals surface area contributed by atoms with Gasteiger partial charge < -0.3 is 15.0 Å². The van der Waals surface area contributed by atoms with E-state index >= 15 is 0 Å². The Labute approximate surface area is 118 Å². The molecule has 0 amide bonds. The third-order valence-electron chi connectivity index (χ3n) is 2.70. The van der Waals surface area contributed by atoms with Gasteiger partial charge in [0.25, 0.3) is 0 Å². The van der Waals surface area contributed by atoms with Crippen LogP contribution in [0.5, 0.6) is 5.75 Å². The number of hydrogen-bond donors (Lipinski definition) is 1. The molecule has 0 unspecified atom stereocenters. The summed E-state index contributed by atoms with van der Waals surface area (Å²) in [5.74, 6) is 1.95. The summed E-state index contributed by atoms with van der Waals surface area (Å²) >= 11 is 1.78. The van der Waals surface area contributed by atoms with Crippen LogP contribution in [-0.4, -0.2) is 21.9 Å². The van der Waals surface area contributed by atoms with E-state index in [4.69, 9.17) is 10.5 Å². The number of benzene rings is 1. The van der Waals surface area contributed by atoms with Crippen LogP contribution < -0.4 is 10.5 Å². The summed E-state index contributed by atoms with van der Waals surface area (Å²) in [6.07, 6.45) is 5.95. The largest absolute Gasteiger partial charge is 0.494 e. The Hall–Kier alpha value is -1.62. The molecule has 19 heavy (non-hydrogen) atoms. The number of hydrogen-bond acceptors (Lipinski definition) is 4. The summed E-state index contributed by atoms with van der Waals surface area (Å²) in [6, 6.07) is 7.51. The number of unbranched alkanes of at least 4 members (excludes halogenated alkanes) is 1. The van der Waals surface area contributed by atoms with Gasteiger partial charge >= 0.3 is 0 Å². The summed E-state index contributed by atoms with van der Waals surface area (Å²) in [5, 5.41) is 1.07. The lowest BCUT2D eigenvalue weighted by Crippen LogP contribution is -1.98. The molecule has 0 aliphatic heterocycles. The number of nitrogens with zero attached hydrogens (tertiary/aromatic N) is 2. The van der Waals surface area contributed by atoms with Gasteiger partial charge in [0, 0.05) is 30.9 Å². The molecule has 102 valence electrons. The van der Waals surface area contributed by atoms with Gasteiger partial charge in [-0.05, 0) is 37.1 Å². The number of nitrogens with two attached hydrogens (primary N) is 1. The maximum Gasteiger partial charge on any atom is 0.167 e. The van der Waals surface area contributed by atoms with Crippen molar-refractivity contribution in [3.05, 3.63) is 36.7 Å². The number of rotatable bonds is 7. The van der Waals surface area contributed by atoms with Crippen molar-refractivity contribution in [2.45, 2.75) is 18.0 Å². The van der Waals surface area contributed by atoms with E-state index in [-0.39, 0.29) is 0 Å². The summed E-state index contributed by atoms with van der Waals surface area (Å²) < 4.78 is 7.67. The number of nitrogen functional groups attached to an aromatic ring is 1. The van der Waals surface area contributed by atoms with Gasteiger partial charge in [0.2, 0.25) is 0 Å². The summed E-state index contributed by atoms with van der Waals surface area (Å²) in [5.41, 5.74) is 6.38. The predicted octanol–water partition coefficient (Wildman–Crippen LogP) is 2.95. The topological polar surface area (TPSA) is 53.1 Å². The van der Waals surface area contributed by atoms with Crippen molar-refractivity contribution in [2.24, 2.45) is 7.05 Å². The first-order valence-electron chi connectivity index (χ1n) is 6.34. The molecule has 0 radical (unpaired) electrons. The number of ether oxygens (including phenoxy) is 1. The maximum absolute atomic E-state index is 5.64. The second-order valence-electron chi connectivity index (χ2n) is 4.29. The molecule has 1 heterocycles.